The maximum atomic E-state index is 11.7. The van der Waals surface area contributed by atoms with Gasteiger partial charge in [0.25, 0.3) is 0 Å². The van der Waals surface area contributed by atoms with Crippen LogP contribution in [0.2, 0.25) is 0 Å². The minimum absolute atomic E-state index is 0.195. The lowest BCUT2D eigenvalue weighted by molar-refractivity contribution is -0.121. The van der Waals surface area contributed by atoms with E-state index in [4.69, 9.17) is 0 Å². The first kappa shape index (κ1) is 15.3. The highest BCUT2D eigenvalue weighted by Gasteiger charge is 2.05. The van der Waals surface area contributed by atoms with Crippen LogP contribution in [0.3, 0.4) is 0 Å². The van der Waals surface area contributed by atoms with Gasteiger partial charge in [0.05, 0.1) is 0 Å². The average Bonchev–Trinajstić information content (AvgIpc) is 2.99. The first-order valence-corrected chi connectivity index (χ1v) is 8.40. The summed E-state index contributed by atoms with van der Waals surface area (Å²) < 4.78 is 0. The van der Waals surface area contributed by atoms with Gasteiger partial charge < -0.3 is 10.6 Å². The highest BCUT2D eigenvalue weighted by atomic mass is 32.1. The van der Waals surface area contributed by atoms with Crippen molar-refractivity contribution in [3.8, 4) is 0 Å². The maximum Gasteiger partial charge on any atom is 0.220 e. The van der Waals surface area contributed by atoms with Gasteiger partial charge in [-0.3, -0.25) is 4.79 Å². The van der Waals surface area contributed by atoms with Crippen molar-refractivity contribution in [3.63, 3.8) is 0 Å². The van der Waals surface area contributed by atoms with Crippen LogP contribution in [-0.2, 0) is 11.2 Å². The van der Waals surface area contributed by atoms with E-state index >= 15 is 0 Å². The maximum absolute atomic E-state index is 11.7. The second-order valence-electron chi connectivity index (χ2n) is 5.23. The number of nitrogens with one attached hydrogen (secondary N) is 2. The van der Waals surface area contributed by atoms with Gasteiger partial charge >= 0.3 is 0 Å². The van der Waals surface area contributed by atoms with Gasteiger partial charge in [-0.05, 0) is 43.7 Å². The second-order valence-corrected chi connectivity index (χ2v) is 6.27. The molecular weight excluding hydrogens is 268 g/mol. The Morgan fingerprint density at radius 3 is 3.05 bits per heavy atom. The molecule has 4 heteroatoms. The number of unbranched alkanes of at least 4 members (excludes halogenated alkanes) is 2. The van der Waals surface area contributed by atoms with Crippen LogP contribution < -0.4 is 10.6 Å². The summed E-state index contributed by atoms with van der Waals surface area (Å²) >= 11 is 1.82. The quantitative estimate of drug-likeness (QED) is 0.571. The van der Waals surface area contributed by atoms with Gasteiger partial charge in [0, 0.05) is 24.4 Å². The molecule has 2 N–H and O–H groups in total. The molecule has 1 aliphatic heterocycles. The molecule has 1 aliphatic rings. The van der Waals surface area contributed by atoms with E-state index in [1.54, 1.807) is 0 Å². The van der Waals surface area contributed by atoms with Crippen LogP contribution in [-0.4, -0.2) is 25.5 Å². The monoisotopic (exact) mass is 292 g/mol. The summed E-state index contributed by atoms with van der Waals surface area (Å²) in [6, 6.07) is 4.28. The number of amides is 1. The topological polar surface area (TPSA) is 41.1 Å². The van der Waals surface area contributed by atoms with Crippen LogP contribution in [0.4, 0.5) is 0 Å². The van der Waals surface area contributed by atoms with Crippen LogP contribution in [0.1, 0.15) is 37.0 Å². The van der Waals surface area contributed by atoms with Crippen molar-refractivity contribution in [2.24, 2.45) is 0 Å². The third-order valence-corrected chi connectivity index (χ3v) is 4.51. The highest BCUT2D eigenvalue weighted by Crippen LogP contribution is 2.13. The Hall–Kier alpha value is -1.13. The Balaban J connectivity index is 1.48. The molecule has 1 amide bonds. The Bertz CT molecular complexity index is 426. The number of hydrogen-bond donors (Lipinski definition) is 2. The van der Waals surface area contributed by atoms with Gasteiger partial charge in [-0.15, -0.1) is 11.3 Å². The summed E-state index contributed by atoms with van der Waals surface area (Å²) in [5.41, 5.74) is 1.36. The second kappa shape index (κ2) is 8.93. The van der Waals surface area contributed by atoms with Crippen LogP contribution >= 0.6 is 11.3 Å². The smallest absolute Gasteiger partial charge is 0.220 e. The molecule has 0 radical (unpaired) electrons. The molecule has 2 heterocycles. The van der Waals surface area contributed by atoms with Crippen molar-refractivity contribution in [2.75, 3.05) is 19.6 Å². The lowest BCUT2D eigenvalue weighted by Crippen LogP contribution is -2.29. The number of carbonyl (C=O) groups excluding carboxylic acids is 1. The lowest BCUT2D eigenvalue weighted by atomic mass is 10.1. The predicted octanol–water partition coefficient (Wildman–Crippen LogP) is 2.89. The molecule has 0 aliphatic carbocycles. The highest BCUT2D eigenvalue weighted by molar-refractivity contribution is 7.09. The van der Waals surface area contributed by atoms with Gasteiger partial charge in [0.2, 0.25) is 5.91 Å². The van der Waals surface area contributed by atoms with Gasteiger partial charge in [0.1, 0.15) is 0 Å². The zero-order chi connectivity index (χ0) is 14.0. The van der Waals surface area contributed by atoms with Gasteiger partial charge in [-0.2, -0.15) is 0 Å². The minimum Gasteiger partial charge on any atom is -0.352 e. The number of thiophene rings is 1. The Labute approximate surface area is 125 Å². The standard InChI is InChI=1S/C16H24N2OS/c19-16(18-13-14-8-10-17-11-9-14)7-3-1-2-5-15-6-4-12-20-15/h4,6,8,12,17H,1-3,5,7,9-11,13H2,(H,18,19). The molecule has 0 bridgehead atoms. The molecule has 1 aromatic heterocycles. The van der Waals surface area contributed by atoms with E-state index in [0.717, 1.165) is 45.3 Å². The summed E-state index contributed by atoms with van der Waals surface area (Å²) in [7, 11) is 0. The zero-order valence-electron chi connectivity index (χ0n) is 12.0. The van der Waals surface area contributed by atoms with Crippen LogP contribution in [0.25, 0.3) is 0 Å². The Morgan fingerprint density at radius 2 is 2.30 bits per heavy atom. The molecule has 0 fully saturated rings. The summed E-state index contributed by atoms with van der Waals surface area (Å²) in [5.74, 6) is 0.195. The molecule has 110 valence electrons. The normalized spacial score (nSPS) is 14.9. The molecule has 0 atom stereocenters. The fraction of sp³-hybridized carbons (Fsp3) is 0.562. The predicted molar refractivity (Wildman–Crippen MR) is 85.1 cm³/mol. The first-order valence-electron chi connectivity index (χ1n) is 7.52. The van der Waals surface area contributed by atoms with Crippen molar-refractivity contribution < 1.29 is 4.79 Å². The summed E-state index contributed by atoms with van der Waals surface area (Å²) in [5, 5.41) is 8.42. The summed E-state index contributed by atoms with van der Waals surface area (Å²) in [4.78, 5) is 13.2. The van der Waals surface area contributed by atoms with E-state index in [-0.39, 0.29) is 5.91 Å². The number of rotatable bonds is 8. The molecule has 0 aromatic carbocycles. The fourth-order valence-corrected chi connectivity index (χ4v) is 3.10. The first-order chi connectivity index (χ1) is 9.84. The summed E-state index contributed by atoms with van der Waals surface area (Å²) in [6.45, 7) is 2.70. The molecule has 20 heavy (non-hydrogen) atoms. The molecule has 0 saturated heterocycles. The number of aryl methyl sites for hydroxylation is 1. The lowest BCUT2D eigenvalue weighted by Gasteiger charge is -2.14. The third-order valence-electron chi connectivity index (χ3n) is 3.58. The van der Waals surface area contributed by atoms with E-state index in [9.17, 15) is 4.79 Å². The van der Waals surface area contributed by atoms with Gasteiger partial charge in [-0.1, -0.05) is 24.1 Å². The zero-order valence-corrected chi connectivity index (χ0v) is 12.8. The van der Waals surface area contributed by atoms with Crippen molar-refractivity contribution in [3.05, 3.63) is 34.0 Å². The van der Waals surface area contributed by atoms with E-state index in [1.165, 1.54) is 16.9 Å². The third kappa shape index (κ3) is 5.88. The minimum atomic E-state index is 0.195. The molecule has 0 spiro atoms. The Kier molecular flexibility index (Phi) is 6.81. The average molecular weight is 292 g/mol. The molecule has 2 rings (SSSR count). The van der Waals surface area contributed by atoms with Crippen molar-refractivity contribution >= 4 is 17.2 Å². The van der Waals surface area contributed by atoms with Crippen molar-refractivity contribution in [1.29, 1.82) is 0 Å². The number of hydrogen-bond acceptors (Lipinski definition) is 3. The van der Waals surface area contributed by atoms with Crippen molar-refractivity contribution in [1.82, 2.24) is 10.6 Å². The molecule has 0 unspecified atom stereocenters. The van der Waals surface area contributed by atoms with Crippen LogP contribution in [0.15, 0.2) is 29.2 Å². The molecular formula is C16H24N2OS. The largest absolute Gasteiger partial charge is 0.352 e. The fourth-order valence-electron chi connectivity index (χ4n) is 2.35. The molecule has 1 aromatic rings. The van der Waals surface area contributed by atoms with E-state index in [1.807, 2.05) is 11.3 Å². The van der Waals surface area contributed by atoms with E-state index < -0.39 is 0 Å². The van der Waals surface area contributed by atoms with E-state index in [0.29, 0.717) is 6.42 Å². The molecule has 0 saturated carbocycles. The van der Waals surface area contributed by atoms with Crippen LogP contribution in [0.5, 0.6) is 0 Å². The van der Waals surface area contributed by atoms with Crippen LogP contribution in [0, 0.1) is 0 Å². The number of carbonyl (C=O) groups is 1. The SMILES string of the molecule is O=C(CCCCCc1cccs1)NCC1=CCNCC1. The summed E-state index contributed by atoms with van der Waals surface area (Å²) in [6.07, 6.45) is 8.38. The van der Waals surface area contributed by atoms with Crippen molar-refractivity contribution in [2.45, 2.75) is 38.5 Å². The Morgan fingerprint density at radius 1 is 1.35 bits per heavy atom. The molecule has 3 nitrogen and oxygen atoms in total. The van der Waals surface area contributed by atoms with Gasteiger partial charge in [-0.25, -0.2) is 0 Å². The van der Waals surface area contributed by atoms with Gasteiger partial charge in [0.15, 0.2) is 0 Å². The van der Waals surface area contributed by atoms with E-state index in [2.05, 4.69) is 34.2 Å².